The van der Waals surface area contributed by atoms with Crippen molar-refractivity contribution in [2.75, 3.05) is 19.8 Å². The van der Waals surface area contributed by atoms with Gasteiger partial charge in [0.05, 0.1) is 13.2 Å². The van der Waals surface area contributed by atoms with E-state index in [2.05, 4.69) is 24.4 Å². The number of aryl methyl sites for hydroxylation is 1. The molecular formula is C15H19NO2. The van der Waals surface area contributed by atoms with Gasteiger partial charge in [0.15, 0.2) is 0 Å². The Morgan fingerprint density at radius 1 is 1.28 bits per heavy atom. The highest BCUT2D eigenvalue weighted by Gasteiger charge is 2.32. The molecule has 0 saturated carbocycles. The van der Waals surface area contributed by atoms with Crippen molar-refractivity contribution < 1.29 is 9.15 Å². The molecule has 0 amide bonds. The van der Waals surface area contributed by atoms with Crippen molar-refractivity contribution in [1.29, 1.82) is 0 Å². The Morgan fingerprint density at radius 2 is 2.06 bits per heavy atom. The van der Waals surface area contributed by atoms with Crippen LogP contribution in [0.2, 0.25) is 0 Å². The van der Waals surface area contributed by atoms with Gasteiger partial charge in [0.25, 0.3) is 0 Å². The molecule has 1 N–H and O–H groups in total. The molecule has 1 aromatic carbocycles. The predicted octanol–water partition coefficient (Wildman–Crippen LogP) is 2.87. The van der Waals surface area contributed by atoms with E-state index in [-0.39, 0.29) is 0 Å². The zero-order valence-electron chi connectivity index (χ0n) is 11.0. The maximum Gasteiger partial charge on any atom is 0.134 e. The normalized spacial score (nSPS) is 17.9. The number of nitrogens with one attached hydrogen (secondary N) is 1. The molecule has 3 rings (SSSR count). The van der Waals surface area contributed by atoms with Crippen molar-refractivity contribution in [3.63, 3.8) is 0 Å². The highest BCUT2D eigenvalue weighted by atomic mass is 16.5. The minimum atomic E-state index is 0.313. The third-order valence-electron chi connectivity index (χ3n) is 3.65. The van der Waals surface area contributed by atoms with Gasteiger partial charge < -0.3 is 14.5 Å². The van der Waals surface area contributed by atoms with E-state index in [0.29, 0.717) is 5.41 Å². The van der Waals surface area contributed by atoms with Crippen LogP contribution in [0.15, 0.2) is 28.7 Å². The highest BCUT2D eigenvalue weighted by molar-refractivity contribution is 5.82. The van der Waals surface area contributed by atoms with Crippen molar-refractivity contribution in [1.82, 2.24) is 5.32 Å². The van der Waals surface area contributed by atoms with Gasteiger partial charge >= 0.3 is 0 Å². The van der Waals surface area contributed by atoms with Crippen LogP contribution in [-0.4, -0.2) is 19.8 Å². The van der Waals surface area contributed by atoms with Gasteiger partial charge in [-0.2, -0.15) is 0 Å². The molecule has 18 heavy (non-hydrogen) atoms. The number of hydrogen-bond acceptors (Lipinski definition) is 3. The van der Waals surface area contributed by atoms with Crippen LogP contribution in [0.5, 0.6) is 0 Å². The minimum absolute atomic E-state index is 0.313. The SMILES string of the molecule is Cc1oc2ccccc2c1CNCC1(C)COC1. The van der Waals surface area contributed by atoms with E-state index in [9.17, 15) is 0 Å². The van der Waals surface area contributed by atoms with E-state index >= 15 is 0 Å². The Morgan fingerprint density at radius 3 is 2.78 bits per heavy atom. The Labute approximate surface area is 107 Å². The lowest BCUT2D eigenvalue weighted by atomic mass is 9.89. The fourth-order valence-electron chi connectivity index (χ4n) is 2.48. The molecule has 3 nitrogen and oxygen atoms in total. The summed E-state index contributed by atoms with van der Waals surface area (Å²) in [6.07, 6.45) is 0. The minimum Gasteiger partial charge on any atom is -0.461 e. The lowest BCUT2D eigenvalue weighted by molar-refractivity contribution is -0.0991. The summed E-state index contributed by atoms with van der Waals surface area (Å²) in [5, 5.41) is 4.74. The molecule has 1 aromatic heterocycles. The summed E-state index contributed by atoms with van der Waals surface area (Å²) >= 11 is 0. The summed E-state index contributed by atoms with van der Waals surface area (Å²) in [6.45, 7) is 7.87. The van der Waals surface area contributed by atoms with Gasteiger partial charge in [0.2, 0.25) is 0 Å². The van der Waals surface area contributed by atoms with Crippen molar-refractivity contribution in [2.45, 2.75) is 20.4 Å². The first-order chi connectivity index (χ1) is 8.68. The zero-order chi connectivity index (χ0) is 12.6. The molecule has 2 aromatic rings. The Balaban J connectivity index is 1.72. The zero-order valence-corrected chi connectivity index (χ0v) is 11.0. The molecule has 0 spiro atoms. The largest absolute Gasteiger partial charge is 0.461 e. The Kier molecular flexibility index (Phi) is 2.88. The molecule has 3 heteroatoms. The van der Waals surface area contributed by atoms with Crippen LogP contribution in [0.4, 0.5) is 0 Å². The molecule has 1 aliphatic rings. The second kappa shape index (κ2) is 4.41. The predicted molar refractivity (Wildman–Crippen MR) is 71.6 cm³/mol. The molecule has 0 bridgehead atoms. The van der Waals surface area contributed by atoms with Crippen LogP contribution < -0.4 is 5.32 Å². The molecule has 0 radical (unpaired) electrons. The molecule has 1 aliphatic heterocycles. The van der Waals surface area contributed by atoms with Crippen LogP contribution in [0, 0.1) is 12.3 Å². The maximum atomic E-state index is 5.76. The van der Waals surface area contributed by atoms with E-state index < -0.39 is 0 Å². The van der Waals surface area contributed by atoms with Crippen LogP contribution in [-0.2, 0) is 11.3 Å². The molecule has 2 heterocycles. The van der Waals surface area contributed by atoms with E-state index in [1.807, 2.05) is 19.1 Å². The van der Waals surface area contributed by atoms with Crippen LogP contribution in [0.3, 0.4) is 0 Å². The lowest BCUT2D eigenvalue weighted by Crippen LogP contribution is -2.47. The van der Waals surface area contributed by atoms with Gasteiger partial charge in [-0.25, -0.2) is 0 Å². The van der Waals surface area contributed by atoms with Crippen molar-refractivity contribution in [3.05, 3.63) is 35.6 Å². The standard InChI is InChI=1S/C15H19NO2/c1-11-13(7-16-8-15(2)9-17-10-15)12-5-3-4-6-14(12)18-11/h3-6,16H,7-10H2,1-2H3. The number of hydrogen-bond donors (Lipinski definition) is 1. The van der Waals surface area contributed by atoms with Crippen molar-refractivity contribution in [2.24, 2.45) is 5.41 Å². The van der Waals surface area contributed by atoms with E-state index in [1.54, 1.807) is 0 Å². The Bertz CT molecular complexity index is 555. The van der Waals surface area contributed by atoms with Gasteiger partial charge in [-0.05, 0) is 13.0 Å². The van der Waals surface area contributed by atoms with Crippen LogP contribution in [0.25, 0.3) is 11.0 Å². The summed E-state index contributed by atoms with van der Waals surface area (Å²) in [5.41, 5.74) is 2.56. The average molecular weight is 245 g/mol. The topological polar surface area (TPSA) is 34.4 Å². The van der Waals surface area contributed by atoms with Gasteiger partial charge in [-0.3, -0.25) is 0 Å². The summed E-state index contributed by atoms with van der Waals surface area (Å²) in [7, 11) is 0. The number of ether oxygens (including phenoxy) is 1. The Hall–Kier alpha value is -1.32. The van der Waals surface area contributed by atoms with Crippen LogP contribution >= 0.6 is 0 Å². The fraction of sp³-hybridized carbons (Fsp3) is 0.467. The number of fused-ring (bicyclic) bond motifs is 1. The second-order valence-electron chi connectivity index (χ2n) is 5.54. The first-order valence-electron chi connectivity index (χ1n) is 6.43. The van der Waals surface area contributed by atoms with Crippen molar-refractivity contribution in [3.8, 4) is 0 Å². The number of rotatable bonds is 4. The highest BCUT2D eigenvalue weighted by Crippen LogP contribution is 2.27. The van der Waals surface area contributed by atoms with Crippen molar-refractivity contribution >= 4 is 11.0 Å². The van der Waals surface area contributed by atoms with Gasteiger partial charge in [0.1, 0.15) is 11.3 Å². The quantitative estimate of drug-likeness (QED) is 0.899. The van der Waals surface area contributed by atoms with E-state index in [0.717, 1.165) is 37.6 Å². The van der Waals surface area contributed by atoms with Gasteiger partial charge in [0, 0.05) is 29.5 Å². The van der Waals surface area contributed by atoms with E-state index in [4.69, 9.17) is 9.15 Å². The average Bonchev–Trinajstić information content (AvgIpc) is 2.64. The molecule has 0 atom stereocenters. The number of furan rings is 1. The summed E-state index contributed by atoms with van der Waals surface area (Å²) in [6, 6.07) is 8.21. The van der Waals surface area contributed by atoms with Crippen LogP contribution in [0.1, 0.15) is 18.2 Å². The lowest BCUT2D eigenvalue weighted by Gasteiger charge is -2.38. The first kappa shape index (κ1) is 11.8. The monoisotopic (exact) mass is 245 g/mol. The second-order valence-corrected chi connectivity index (χ2v) is 5.54. The first-order valence-corrected chi connectivity index (χ1v) is 6.43. The molecule has 1 fully saturated rings. The third kappa shape index (κ3) is 2.04. The molecule has 96 valence electrons. The number of para-hydroxylation sites is 1. The molecule has 0 aliphatic carbocycles. The summed E-state index contributed by atoms with van der Waals surface area (Å²) < 4.78 is 11.0. The molecular weight excluding hydrogens is 226 g/mol. The molecule has 1 saturated heterocycles. The van der Waals surface area contributed by atoms with Gasteiger partial charge in [-0.15, -0.1) is 0 Å². The van der Waals surface area contributed by atoms with Gasteiger partial charge in [-0.1, -0.05) is 25.1 Å². The number of benzene rings is 1. The van der Waals surface area contributed by atoms with E-state index in [1.165, 1.54) is 10.9 Å². The fourth-order valence-corrected chi connectivity index (χ4v) is 2.48. The smallest absolute Gasteiger partial charge is 0.134 e. The third-order valence-corrected chi connectivity index (χ3v) is 3.65. The molecule has 0 unspecified atom stereocenters. The summed E-state index contributed by atoms with van der Waals surface area (Å²) in [5.74, 6) is 1.01. The maximum absolute atomic E-state index is 5.76. The summed E-state index contributed by atoms with van der Waals surface area (Å²) in [4.78, 5) is 0.